The molecule has 0 atom stereocenters. The van der Waals surface area contributed by atoms with Crippen molar-refractivity contribution in [3.8, 4) is 17.3 Å². The number of pyridine rings is 1. The number of fused-ring (bicyclic) bond motifs is 1. The number of hydrogen-bond donors (Lipinski definition) is 1. The van der Waals surface area contributed by atoms with Crippen LogP contribution in [0.4, 0.5) is 4.39 Å². The Kier molecular flexibility index (Phi) is 2.31. The summed E-state index contributed by atoms with van der Waals surface area (Å²) < 4.78 is 13.2. The fraction of sp³-hybridized carbons (Fsp3) is 0. The zero-order valence-corrected chi connectivity index (χ0v) is 9.31. The van der Waals surface area contributed by atoms with Crippen LogP contribution in [0.2, 0.25) is 0 Å². The van der Waals surface area contributed by atoms with Gasteiger partial charge in [0.2, 0.25) is 0 Å². The molecule has 0 saturated heterocycles. The van der Waals surface area contributed by atoms with Gasteiger partial charge in [-0.15, -0.1) is 0 Å². The van der Waals surface area contributed by atoms with Crippen molar-refractivity contribution in [3.63, 3.8) is 0 Å². The Morgan fingerprint density at radius 1 is 1.28 bits per heavy atom. The summed E-state index contributed by atoms with van der Waals surface area (Å²) in [6.45, 7) is 0. The highest BCUT2D eigenvalue weighted by Gasteiger charge is 2.13. The van der Waals surface area contributed by atoms with Crippen molar-refractivity contribution in [1.82, 2.24) is 9.97 Å². The second-order valence-corrected chi connectivity index (χ2v) is 3.92. The van der Waals surface area contributed by atoms with E-state index in [9.17, 15) is 9.65 Å². The van der Waals surface area contributed by atoms with Crippen molar-refractivity contribution in [2.45, 2.75) is 0 Å². The van der Waals surface area contributed by atoms with Crippen LogP contribution in [0.15, 0.2) is 42.7 Å². The van der Waals surface area contributed by atoms with Gasteiger partial charge in [-0.05, 0) is 30.3 Å². The first kappa shape index (κ1) is 10.5. The van der Waals surface area contributed by atoms with Crippen molar-refractivity contribution < 1.29 is 4.39 Å². The lowest BCUT2D eigenvalue weighted by molar-refractivity contribution is 0.629. The van der Waals surface area contributed by atoms with Crippen LogP contribution in [0.25, 0.3) is 22.2 Å². The van der Waals surface area contributed by atoms with Crippen molar-refractivity contribution in [2.24, 2.45) is 0 Å². The number of rotatable bonds is 1. The molecule has 18 heavy (non-hydrogen) atoms. The van der Waals surface area contributed by atoms with Crippen molar-refractivity contribution >= 4 is 10.9 Å². The number of halogens is 1. The summed E-state index contributed by atoms with van der Waals surface area (Å²) in [5.74, 6) is -0.328. The molecule has 0 aliphatic heterocycles. The van der Waals surface area contributed by atoms with E-state index in [4.69, 9.17) is 0 Å². The molecule has 0 aliphatic rings. The maximum absolute atomic E-state index is 13.2. The van der Waals surface area contributed by atoms with Gasteiger partial charge in [0.05, 0.1) is 16.8 Å². The molecular formula is C14H8FN3. The normalized spacial score (nSPS) is 10.4. The minimum absolute atomic E-state index is 0.328. The number of aromatic amines is 1. The highest BCUT2D eigenvalue weighted by Crippen LogP contribution is 2.29. The second kappa shape index (κ2) is 3.97. The van der Waals surface area contributed by atoms with E-state index < -0.39 is 0 Å². The van der Waals surface area contributed by atoms with E-state index in [1.165, 1.54) is 12.1 Å². The summed E-state index contributed by atoms with van der Waals surface area (Å²) in [5, 5.41) is 9.97. The number of nitrogens with one attached hydrogen (secondary N) is 1. The fourth-order valence-corrected chi connectivity index (χ4v) is 2.01. The molecule has 1 N–H and O–H groups in total. The molecule has 86 valence electrons. The van der Waals surface area contributed by atoms with Gasteiger partial charge >= 0.3 is 0 Å². The van der Waals surface area contributed by atoms with Gasteiger partial charge in [0.15, 0.2) is 0 Å². The molecule has 0 aliphatic carbocycles. The standard InChI is InChI=1S/C14H8FN3/c15-10-3-4-11-12(7-16)14(18-13(11)6-10)9-2-1-5-17-8-9/h1-6,8,18H. The quantitative estimate of drug-likeness (QED) is 0.706. The van der Waals surface area contributed by atoms with E-state index in [0.717, 1.165) is 10.9 Å². The largest absolute Gasteiger partial charge is 0.353 e. The molecule has 3 rings (SSSR count). The van der Waals surface area contributed by atoms with Crippen LogP contribution in [0.3, 0.4) is 0 Å². The van der Waals surface area contributed by atoms with E-state index >= 15 is 0 Å². The van der Waals surface area contributed by atoms with Gasteiger partial charge in [0.25, 0.3) is 0 Å². The van der Waals surface area contributed by atoms with Gasteiger partial charge in [-0.1, -0.05) is 0 Å². The molecule has 4 heteroatoms. The van der Waals surface area contributed by atoms with Crippen LogP contribution in [0.5, 0.6) is 0 Å². The molecule has 2 aromatic heterocycles. The smallest absolute Gasteiger partial charge is 0.125 e. The minimum Gasteiger partial charge on any atom is -0.353 e. The summed E-state index contributed by atoms with van der Waals surface area (Å²) in [7, 11) is 0. The molecule has 2 heterocycles. The SMILES string of the molecule is N#Cc1c(-c2cccnc2)[nH]c2cc(F)ccc12. The zero-order valence-electron chi connectivity index (χ0n) is 9.31. The molecule has 0 bridgehead atoms. The van der Waals surface area contributed by atoms with Gasteiger partial charge in [0.1, 0.15) is 11.9 Å². The fourth-order valence-electron chi connectivity index (χ4n) is 2.01. The van der Waals surface area contributed by atoms with Crippen LogP contribution in [-0.2, 0) is 0 Å². The summed E-state index contributed by atoms with van der Waals surface area (Å²) in [4.78, 5) is 7.09. The van der Waals surface area contributed by atoms with E-state index in [-0.39, 0.29) is 5.82 Å². The van der Waals surface area contributed by atoms with Crippen LogP contribution < -0.4 is 0 Å². The van der Waals surface area contributed by atoms with Gasteiger partial charge < -0.3 is 4.98 Å². The van der Waals surface area contributed by atoms with Crippen LogP contribution in [-0.4, -0.2) is 9.97 Å². The molecule has 0 saturated carbocycles. The van der Waals surface area contributed by atoms with Crippen molar-refractivity contribution in [1.29, 1.82) is 5.26 Å². The third-order valence-electron chi connectivity index (χ3n) is 2.82. The zero-order chi connectivity index (χ0) is 12.5. The lowest BCUT2D eigenvalue weighted by Crippen LogP contribution is -1.82. The number of nitriles is 1. The highest BCUT2D eigenvalue weighted by atomic mass is 19.1. The third kappa shape index (κ3) is 1.54. The number of aromatic nitrogens is 2. The van der Waals surface area contributed by atoms with Crippen LogP contribution >= 0.6 is 0 Å². The highest BCUT2D eigenvalue weighted by molar-refractivity contribution is 5.93. The Morgan fingerprint density at radius 3 is 2.89 bits per heavy atom. The van der Waals surface area contributed by atoms with E-state index in [0.29, 0.717) is 16.8 Å². The van der Waals surface area contributed by atoms with Crippen LogP contribution in [0, 0.1) is 17.1 Å². The Balaban J connectivity index is 2.34. The van der Waals surface area contributed by atoms with Gasteiger partial charge in [-0.25, -0.2) is 4.39 Å². The topological polar surface area (TPSA) is 52.5 Å². The summed E-state index contributed by atoms with van der Waals surface area (Å²) >= 11 is 0. The first-order valence-electron chi connectivity index (χ1n) is 5.41. The predicted molar refractivity (Wildman–Crippen MR) is 66.2 cm³/mol. The second-order valence-electron chi connectivity index (χ2n) is 3.92. The van der Waals surface area contributed by atoms with Gasteiger partial charge in [0, 0.05) is 23.3 Å². The van der Waals surface area contributed by atoms with Crippen molar-refractivity contribution in [2.75, 3.05) is 0 Å². The molecule has 0 amide bonds. The molecule has 0 fully saturated rings. The molecule has 0 unspecified atom stereocenters. The number of benzene rings is 1. The molecule has 0 spiro atoms. The minimum atomic E-state index is -0.328. The summed E-state index contributed by atoms with van der Waals surface area (Å²) in [5.41, 5.74) is 2.61. The maximum atomic E-state index is 13.2. The monoisotopic (exact) mass is 237 g/mol. The first-order valence-corrected chi connectivity index (χ1v) is 5.41. The molecule has 3 aromatic rings. The predicted octanol–water partition coefficient (Wildman–Crippen LogP) is 3.24. The Morgan fingerprint density at radius 2 is 2.17 bits per heavy atom. The van der Waals surface area contributed by atoms with Gasteiger partial charge in [-0.3, -0.25) is 4.98 Å². The average molecular weight is 237 g/mol. The molecule has 1 aromatic carbocycles. The Bertz CT molecular complexity index is 754. The molecule has 3 nitrogen and oxygen atoms in total. The van der Waals surface area contributed by atoms with Crippen molar-refractivity contribution in [3.05, 3.63) is 54.1 Å². The molecular weight excluding hydrogens is 229 g/mol. The maximum Gasteiger partial charge on any atom is 0.125 e. The Hall–Kier alpha value is -2.67. The summed E-state index contributed by atoms with van der Waals surface area (Å²) in [6, 6.07) is 10.2. The van der Waals surface area contributed by atoms with E-state index in [1.807, 2.05) is 6.07 Å². The first-order chi connectivity index (χ1) is 8.79. The van der Waals surface area contributed by atoms with E-state index in [2.05, 4.69) is 16.0 Å². The molecule has 0 radical (unpaired) electrons. The third-order valence-corrected chi connectivity index (χ3v) is 2.82. The van der Waals surface area contributed by atoms with Gasteiger partial charge in [-0.2, -0.15) is 5.26 Å². The lowest BCUT2D eigenvalue weighted by atomic mass is 10.1. The number of nitrogens with zero attached hydrogens (tertiary/aromatic N) is 2. The number of H-pyrrole nitrogens is 1. The summed E-state index contributed by atoms with van der Waals surface area (Å²) in [6.07, 6.45) is 3.33. The number of hydrogen-bond acceptors (Lipinski definition) is 2. The van der Waals surface area contributed by atoms with E-state index in [1.54, 1.807) is 24.5 Å². The van der Waals surface area contributed by atoms with Crippen LogP contribution in [0.1, 0.15) is 5.56 Å². The Labute approximate surface area is 103 Å². The average Bonchev–Trinajstić information content (AvgIpc) is 2.77. The lowest BCUT2D eigenvalue weighted by Gasteiger charge is -1.96.